The molecule has 5 nitrogen and oxygen atoms in total. The Morgan fingerprint density at radius 2 is 2.00 bits per heavy atom. The lowest BCUT2D eigenvalue weighted by molar-refractivity contribution is -0.122. The lowest BCUT2D eigenvalue weighted by atomic mass is 10.2. The van der Waals surface area contributed by atoms with Crippen molar-refractivity contribution in [3.05, 3.63) is 23.8 Å². The van der Waals surface area contributed by atoms with Crippen LogP contribution in [0.5, 0.6) is 11.5 Å². The van der Waals surface area contributed by atoms with Crippen molar-refractivity contribution in [2.75, 3.05) is 13.2 Å². The summed E-state index contributed by atoms with van der Waals surface area (Å²) in [5, 5.41) is 0. The van der Waals surface area contributed by atoms with Gasteiger partial charge in [0.1, 0.15) is 4.99 Å². The van der Waals surface area contributed by atoms with Gasteiger partial charge in [-0.2, -0.15) is 0 Å². The van der Waals surface area contributed by atoms with Crippen molar-refractivity contribution in [2.45, 2.75) is 13.8 Å². The van der Waals surface area contributed by atoms with Crippen molar-refractivity contribution in [1.82, 2.24) is 0 Å². The summed E-state index contributed by atoms with van der Waals surface area (Å²) >= 11 is 4.91. The second kappa shape index (κ2) is 6.94. The van der Waals surface area contributed by atoms with E-state index in [1.807, 2.05) is 6.92 Å². The molecule has 0 aliphatic rings. The maximum Gasteiger partial charge on any atom is 0.223 e. The van der Waals surface area contributed by atoms with E-state index in [0.29, 0.717) is 23.7 Å². The highest BCUT2D eigenvalue weighted by Gasteiger charge is 2.12. The third-order valence-electron chi connectivity index (χ3n) is 2.50. The van der Waals surface area contributed by atoms with Gasteiger partial charge in [0.05, 0.1) is 19.1 Å². The van der Waals surface area contributed by atoms with Gasteiger partial charge in [-0.3, -0.25) is 4.79 Å². The molecule has 1 atom stereocenters. The van der Waals surface area contributed by atoms with Gasteiger partial charge in [-0.1, -0.05) is 19.1 Å². The molecule has 1 rings (SSSR count). The third-order valence-corrected chi connectivity index (χ3v) is 2.74. The van der Waals surface area contributed by atoms with E-state index in [-0.39, 0.29) is 17.5 Å². The Labute approximate surface area is 117 Å². The SMILES string of the molecule is CCOc1cc(C(N)=S)ccc1OCC(C)C(N)=O. The molecule has 0 aliphatic heterocycles. The normalized spacial score (nSPS) is 11.7. The van der Waals surface area contributed by atoms with Crippen molar-refractivity contribution < 1.29 is 14.3 Å². The standard InChI is InChI=1S/C13H18N2O3S/c1-3-17-11-6-9(13(15)19)4-5-10(11)18-7-8(2)12(14)16/h4-6,8H,3,7H2,1-2H3,(H2,14,16)(H2,15,19). The quantitative estimate of drug-likeness (QED) is 0.734. The Kier molecular flexibility index (Phi) is 5.57. The molecule has 0 radical (unpaired) electrons. The van der Waals surface area contributed by atoms with E-state index in [2.05, 4.69) is 0 Å². The summed E-state index contributed by atoms with van der Waals surface area (Å²) in [4.78, 5) is 11.2. The van der Waals surface area contributed by atoms with Crippen molar-refractivity contribution >= 4 is 23.1 Å². The summed E-state index contributed by atoms with van der Waals surface area (Å²) in [6.07, 6.45) is 0. The Balaban J connectivity index is 2.87. The molecule has 6 heteroatoms. The molecule has 0 saturated carbocycles. The number of ether oxygens (including phenoxy) is 2. The fourth-order valence-electron chi connectivity index (χ4n) is 1.35. The van der Waals surface area contributed by atoms with Crippen LogP contribution in [-0.2, 0) is 4.79 Å². The maximum absolute atomic E-state index is 11.0. The number of carbonyl (C=O) groups excluding carboxylic acids is 1. The molecule has 4 N–H and O–H groups in total. The van der Waals surface area contributed by atoms with Gasteiger partial charge < -0.3 is 20.9 Å². The number of carbonyl (C=O) groups is 1. The first-order valence-corrected chi connectivity index (χ1v) is 6.35. The summed E-state index contributed by atoms with van der Waals surface area (Å²) in [5.41, 5.74) is 11.4. The average Bonchev–Trinajstić information content (AvgIpc) is 2.36. The zero-order valence-corrected chi connectivity index (χ0v) is 11.8. The van der Waals surface area contributed by atoms with Gasteiger partial charge in [0, 0.05) is 5.56 Å². The highest BCUT2D eigenvalue weighted by Crippen LogP contribution is 2.28. The van der Waals surface area contributed by atoms with Crippen molar-refractivity contribution in [2.24, 2.45) is 17.4 Å². The van der Waals surface area contributed by atoms with Crippen molar-refractivity contribution in [1.29, 1.82) is 0 Å². The third kappa shape index (κ3) is 4.40. The second-order valence-electron chi connectivity index (χ2n) is 4.07. The number of hydrogen-bond donors (Lipinski definition) is 2. The van der Waals surface area contributed by atoms with Gasteiger partial charge in [0.15, 0.2) is 11.5 Å². The molecule has 0 bridgehead atoms. The van der Waals surface area contributed by atoms with Crippen LogP contribution in [0.1, 0.15) is 19.4 Å². The molecule has 1 aromatic rings. The predicted octanol–water partition coefficient (Wildman–Crippen LogP) is 1.22. The molecule has 104 valence electrons. The molecule has 19 heavy (non-hydrogen) atoms. The fourth-order valence-corrected chi connectivity index (χ4v) is 1.47. The zero-order valence-electron chi connectivity index (χ0n) is 11.0. The smallest absolute Gasteiger partial charge is 0.223 e. The van der Waals surface area contributed by atoms with Crippen LogP contribution in [0.3, 0.4) is 0 Å². The Morgan fingerprint density at radius 3 is 2.53 bits per heavy atom. The molecule has 0 aromatic heterocycles. The maximum atomic E-state index is 11.0. The van der Waals surface area contributed by atoms with E-state index in [4.69, 9.17) is 33.2 Å². The topological polar surface area (TPSA) is 87.6 Å². The van der Waals surface area contributed by atoms with E-state index >= 15 is 0 Å². The molecule has 0 spiro atoms. The summed E-state index contributed by atoms with van der Waals surface area (Å²) in [6.45, 7) is 4.25. The molecular formula is C13H18N2O3S. The molecule has 0 saturated heterocycles. The lowest BCUT2D eigenvalue weighted by Gasteiger charge is -2.14. The van der Waals surface area contributed by atoms with Gasteiger partial charge in [-0.15, -0.1) is 0 Å². The lowest BCUT2D eigenvalue weighted by Crippen LogP contribution is -2.25. The summed E-state index contributed by atoms with van der Waals surface area (Å²) in [5.74, 6) is 0.307. The van der Waals surface area contributed by atoms with Crippen LogP contribution < -0.4 is 20.9 Å². The van der Waals surface area contributed by atoms with Crippen LogP contribution >= 0.6 is 12.2 Å². The Morgan fingerprint density at radius 1 is 1.32 bits per heavy atom. The molecule has 0 fully saturated rings. The minimum absolute atomic E-state index is 0.196. The largest absolute Gasteiger partial charge is 0.490 e. The first-order valence-electron chi connectivity index (χ1n) is 5.94. The molecule has 1 unspecified atom stereocenters. The fraction of sp³-hybridized carbons (Fsp3) is 0.385. The van der Waals surface area contributed by atoms with Crippen LogP contribution in [0.4, 0.5) is 0 Å². The van der Waals surface area contributed by atoms with Crippen LogP contribution in [0.25, 0.3) is 0 Å². The summed E-state index contributed by atoms with van der Waals surface area (Å²) in [6, 6.07) is 5.18. The monoisotopic (exact) mass is 282 g/mol. The first-order chi connectivity index (χ1) is 8.95. The van der Waals surface area contributed by atoms with E-state index < -0.39 is 5.91 Å². The molecule has 1 aromatic carbocycles. The molecule has 0 heterocycles. The number of thiocarbonyl (C=S) groups is 1. The van der Waals surface area contributed by atoms with Crippen LogP contribution in [0.15, 0.2) is 18.2 Å². The van der Waals surface area contributed by atoms with Crippen LogP contribution in [-0.4, -0.2) is 24.1 Å². The van der Waals surface area contributed by atoms with E-state index in [9.17, 15) is 4.79 Å². The van der Waals surface area contributed by atoms with Gasteiger partial charge in [0.25, 0.3) is 0 Å². The van der Waals surface area contributed by atoms with E-state index in [1.165, 1.54) is 0 Å². The minimum atomic E-state index is -0.405. The predicted molar refractivity (Wildman–Crippen MR) is 77.4 cm³/mol. The highest BCUT2D eigenvalue weighted by molar-refractivity contribution is 7.80. The number of primary amides is 1. The highest BCUT2D eigenvalue weighted by atomic mass is 32.1. The summed E-state index contributed by atoms with van der Waals surface area (Å²) in [7, 11) is 0. The van der Waals surface area contributed by atoms with Crippen molar-refractivity contribution in [3.63, 3.8) is 0 Å². The van der Waals surface area contributed by atoms with Crippen LogP contribution in [0, 0.1) is 5.92 Å². The molecule has 1 amide bonds. The Hall–Kier alpha value is -1.82. The number of hydrogen-bond acceptors (Lipinski definition) is 4. The zero-order chi connectivity index (χ0) is 14.4. The minimum Gasteiger partial charge on any atom is -0.490 e. The number of amides is 1. The molecule has 0 aliphatic carbocycles. The van der Waals surface area contributed by atoms with Gasteiger partial charge in [0.2, 0.25) is 5.91 Å². The number of rotatable bonds is 7. The van der Waals surface area contributed by atoms with E-state index in [0.717, 1.165) is 0 Å². The van der Waals surface area contributed by atoms with Crippen LogP contribution in [0.2, 0.25) is 0 Å². The van der Waals surface area contributed by atoms with Gasteiger partial charge in [-0.05, 0) is 25.1 Å². The van der Waals surface area contributed by atoms with Crippen molar-refractivity contribution in [3.8, 4) is 11.5 Å². The second-order valence-corrected chi connectivity index (χ2v) is 4.51. The summed E-state index contributed by atoms with van der Waals surface area (Å²) < 4.78 is 11.0. The first kappa shape index (κ1) is 15.2. The molecular weight excluding hydrogens is 264 g/mol. The van der Waals surface area contributed by atoms with E-state index in [1.54, 1.807) is 25.1 Å². The van der Waals surface area contributed by atoms with Gasteiger partial charge in [-0.25, -0.2) is 0 Å². The number of benzene rings is 1. The number of nitrogens with two attached hydrogens (primary N) is 2. The van der Waals surface area contributed by atoms with Gasteiger partial charge >= 0.3 is 0 Å². The Bertz CT molecular complexity index is 477. The average molecular weight is 282 g/mol.